The molecular formula is C14H12BrN3. The molecule has 0 unspecified atom stereocenters. The van der Waals surface area contributed by atoms with Crippen LogP contribution in [0.5, 0.6) is 0 Å². The van der Waals surface area contributed by atoms with Crippen molar-refractivity contribution in [3.8, 4) is 6.07 Å². The van der Waals surface area contributed by atoms with Crippen molar-refractivity contribution in [2.75, 3.05) is 11.9 Å². The molecule has 4 heteroatoms. The van der Waals surface area contributed by atoms with Gasteiger partial charge in [-0.05, 0) is 51.8 Å². The number of halogens is 1. The van der Waals surface area contributed by atoms with Crippen molar-refractivity contribution < 1.29 is 0 Å². The Morgan fingerprint density at radius 2 is 2.00 bits per heavy atom. The third-order valence-corrected chi connectivity index (χ3v) is 3.29. The van der Waals surface area contributed by atoms with Crippen molar-refractivity contribution in [1.82, 2.24) is 4.98 Å². The highest BCUT2D eigenvalue weighted by Gasteiger charge is 2.07. The van der Waals surface area contributed by atoms with Crippen LogP contribution in [0, 0.1) is 11.3 Å². The fourth-order valence-corrected chi connectivity index (χ4v) is 2.41. The molecule has 0 amide bonds. The number of aromatic nitrogens is 1. The van der Waals surface area contributed by atoms with E-state index in [4.69, 9.17) is 5.26 Å². The summed E-state index contributed by atoms with van der Waals surface area (Å²) < 4.78 is 0.929. The van der Waals surface area contributed by atoms with Gasteiger partial charge < -0.3 is 4.90 Å². The Balaban J connectivity index is 2.19. The number of nitriles is 1. The molecule has 0 atom stereocenters. The van der Waals surface area contributed by atoms with Crippen LogP contribution in [-0.2, 0) is 6.54 Å². The van der Waals surface area contributed by atoms with E-state index in [1.54, 1.807) is 12.4 Å². The first-order chi connectivity index (χ1) is 8.70. The summed E-state index contributed by atoms with van der Waals surface area (Å²) in [7, 11) is 2.02. The van der Waals surface area contributed by atoms with Gasteiger partial charge in [-0.2, -0.15) is 5.26 Å². The van der Waals surface area contributed by atoms with Crippen molar-refractivity contribution in [2.45, 2.75) is 6.54 Å². The van der Waals surface area contributed by atoms with Gasteiger partial charge in [0.05, 0.1) is 17.3 Å². The van der Waals surface area contributed by atoms with Crippen LogP contribution >= 0.6 is 15.9 Å². The van der Waals surface area contributed by atoms with E-state index in [-0.39, 0.29) is 0 Å². The van der Waals surface area contributed by atoms with Crippen molar-refractivity contribution >= 4 is 21.6 Å². The normalized spacial score (nSPS) is 9.83. The van der Waals surface area contributed by atoms with E-state index in [0.717, 1.165) is 16.7 Å². The van der Waals surface area contributed by atoms with Gasteiger partial charge in [0.15, 0.2) is 0 Å². The molecule has 2 rings (SSSR count). The Kier molecular flexibility index (Phi) is 3.96. The zero-order valence-corrected chi connectivity index (χ0v) is 11.6. The molecule has 0 saturated heterocycles. The standard InChI is InChI=1S/C14H12BrN3/c1-18(10-11-4-6-17-7-5-11)14-3-2-12(9-16)8-13(14)15/h2-8H,10H2,1H3. The van der Waals surface area contributed by atoms with Crippen LogP contribution in [0.1, 0.15) is 11.1 Å². The number of rotatable bonds is 3. The molecule has 0 fully saturated rings. The molecule has 0 bridgehead atoms. The first-order valence-corrected chi connectivity index (χ1v) is 6.29. The Morgan fingerprint density at radius 3 is 2.61 bits per heavy atom. The molecule has 1 heterocycles. The van der Waals surface area contributed by atoms with Gasteiger partial charge in [0.25, 0.3) is 0 Å². The Bertz CT molecular complexity index is 575. The van der Waals surface area contributed by atoms with Crippen LogP contribution in [0.3, 0.4) is 0 Å². The molecule has 0 aliphatic rings. The van der Waals surface area contributed by atoms with E-state index >= 15 is 0 Å². The lowest BCUT2D eigenvalue weighted by Gasteiger charge is -2.20. The van der Waals surface area contributed by atoms with E-state index in [2.05, 4.69) is 31.9 Å². The first kappa shape index (κ1) is 12.6. The molecule has 1 aromatic carbocycles. The summed E-state index contributed by atoms with van der Waals surface area (Å²) in [4.78, 5) is 6.13. The lowest BCUT2D eigenvalue weighted by Crippen LogP contribution is -2.16. The van der Waals surface area contributed by atoms with Gasteiger partial charge >= 0.3 is 0 Å². The van der Waals surface area contributed by atoms with Crippen LogP contribution in [0.25, 0.3) is 0 Å². The maximum atomic E-state index is 8.84. The molecule has 3 nitrogen and oxygen atoms in total. The van der Waals surface area contributed by atoms with Gasteiger partial charge in [-0.25, -0.2) is 0 Å². The Morgan fingerprint density at radius 1 is 1.28 bits per heavy atom. The number of benzene rings is 1. The van der Waals surface area contributed by atoms with Crippen molar-refractivity contribution in [1.29, 1.82) is 5.26 Å². The molecule has 2 aromatic rings. The third kappa shape index (κ3) is 2.88. The zero-order chi connectivity index (χ0) is 13.0. The predicted molar refractivity (Wildman–Crippen MR) is 75.2 cm³/mol. The summed E-state index contributed by atoms with van der Waals surface area (Å²) in [5.41, 5.74) is 2.91. The van der Waals surface area contributed by atoms with E-state index in [9.17, 15) is 0 Å². The molecule has 0 N–H and O–H groups in total. The van der Waals surface area contributed by atoms with E-state index in [1.807, 2.05) is 37.4 Å². The van der Waals surface area contributed by atoms with Crippen LogP contribution in [0.2, 0.25) is 0 Å². The highest BCUT2D eigenvalue weighted by molar-refractivity contribution is 9.10. The van der Waals surface area contributed by atoms with Gasteiger partial charge in [0.1, 0.15) is 0 Å². The third-order valence-electron chi connectivity index (χ3n) is 2.66. The molecule has 0 radical (unpaired) electrons. The van der Waals surface area contributed by atoms with Crippen molar-refractivity contribution in [2.24, 2.45) is 0 Å². The molecule has 18 heavy (non-hydrogen) atoms. The number of hydrogen-bond donors (Lipinski definition) is 0. The highest BCUT2D eigenvalue weighted by Crippen LogP contribution is 2.27. The van der Waals surface area contributed by atoms with E-state index < -0.39 is 0 Å². The topological polar surface area (TPSA) is 39.9 Å². The van der Waals surface area contributed by atoms with Crippen LogP contribution in [0.15, 0.2) is 47.2 Å². The molecular weight excluding hydrogens is 290 g/mol. The summed E-state index contributed by atoms with van der Waals surface area (Å²) in [5, 5.41) is 8.84. The summed E-state index contributed by atoms with van der Waals surface area (Å²) >= 11 is 3.50. The lowest BCUT2D eigenvalue weighted by molar-refractivity contribution is 0.916. The largest absolute Gasteiger partial charge is 0.369 e. The highest BCUT2D eigenvalue weighted by atomic mass is 79.9. The second-order valence-corrected chi connectivity index (χ2v) is 4.84. The lowest BCUT2D eigenvalue weighted by atomic mass is 10.2. The second-order valence-electron chi connectivity index (χ2n) is 3.99. The summed E-state index contributed by atoms with van der Waals surface area (Å²) in [6.07, 6.45) is 3.58. The maximum Gasteiger partial charge on any atom is 0.0992 e. The van der Waals surface area contributed by atoms with E-state index in [1.165, 1.54) is 5.56 Å². The smallest absolute Gasteiger partial charge is 0.0992 e. The molecule has 1 aromatic heterocycles. The predicted octanol–water partition coefficient (Wildman–Crippen LogP) is 3.35. The molecule has 0 aliphatic carbocycles. The number of nitrogens with zero attached hydrogens (tertiary/aromatic N) is 3. The fourth-order valence-electron chi connectivity index (χ4n) is 1.73. The minimum atomic E-state index is 0.655. The van der Waals surface area contributed by atoms with Crippen LogP contribution in [0.4, 0.5) is 5.69 Å². The van der Waals surface area contributed by atoms with Gasteiger partial charge in [-0.1, -0.05) is 0 Å². The Hall–Kier alpha value is -1.86. The minimum absolute atomic E-state index is 0.655. The summed E-state index contributed by atoms with van der Waals surface area (Å²) in [6, 6.07) is 11.7. The molecule has 0 aliphatic heterocycles. The van der Waals surface area contributed by atoms with Crippen LogP contribution < -0.4 is 4.90 Å². The number of hydrogen-bond acceptors (Lipinski definition) is 3. The quantitative estimate of drug-likeness (QED) is 0.873. The second kappa shape index (κ2) is 5.65. The van der Waals surface area contributed by atoms with Gasteiger partial charge in [0, 0.05) is 30.5 Å². The van der Waals surface area contributed by atoms with Crippen molar-refractivity contribution in [3.05, 3.63) is 58.3 Å². The number of pyridine rings is 1. The van der Waals surface area contributed by atoms with Crippen molar-refractivity contribution in [3.63, 3.8) is 0 Å². The zero-order valence-electron chi connectivity index (χ0n) is 9.97. The summed E-state index contributed by atoms with van der Waals surface area (Å²) in [6.45, 7) is 0.799. The van der Waals surface area contributed by atoms with Gasteiger partial charge in [0.2, 0.25) is 0 Å². The molecule has 0 spiro atoms. The molecule has 90 valence electrons. The first-order valence-electron chi connectivity index (χ1n) is 5.50. The van der Waals surface area contributed by atoms with Gasteiger partial charge in [-0.3, -0.25) is 4.98 Å². The fraction of sp³-hybridized carbons (Fsp3) is 0.143. The maximum absolute atomic E-state index is 8.84. The SMILES string of the molecule is CN(Cc1ccncc1)c1ccc(C#N)cc1Br. The molecule has 0 saturated carbocycles. The number of anilines is 1. The Labute approximate surface area is 115 Å². The van der Waals surface area contributed by atoms with Crippen LogP contribution in [-0.4, -0.2) is 12.0 Å². The summed E-state index contributed by atoms with van der Waals surface area (Å²) in [5.74, 6) is 0. The van der Waals surface area contributed by atoms with E-state index in [0.29, 0.717) is 5.56 Å². The minimum Gasteiger partial charge on any atom is -0.369 e. The average molecular weight is 302 g/mol. The average Bonchev–Trinajstić information content (AvgIpc) is 2.39. The van der Waals surface area contributed by atoms with Gasteiger partial charge in [-0.15, -0.1) is 0 Å². The monoisotopic (exact) mass is 301 g/mol.